The molecule has 5 rings (SSSR count). The summed E-state index contributed by atoms with van der Waals surface area (Å²) in [5, 5.41) is 9.14. The van der Waals surface area contributed by atoms with Crippen molar-refractivity contribution in [3.63, 3.8) is 0 Å². The SMILES string of the molecule is COc1ccc(C2(C)C=C(N)n3ncc(-c4cnc5ccccc5c4)c3N2)cn1. The number of nitrogens with one attached hydrogen (secondary N) is 1. The fourth-order valence-corrected chi connectivity index (χ4v) is 3.70. The van der Waals surface area contributed by atoms with E-state index in [1.165, 1.54) is 0 Å². The zero-order chi connectivity index (χ0) is 20.0. The molecule has 4 heterocycles. The number of para-hydroxylation sites is 1. The topological polar surface area (TPSA) is 90.9 Å². The number of hydrogen-bond acceptors (Lipinski definition) is 6. The molecule has 1 atom stereocenters. The molecular weight excluding hydrogens is 364 g/mol. The molecular formula is C22H20N6O. The molecule has 1 unspecified atom stereocenters. The summed E-state index contributed by atoms with van der Waals surface area (Å²) in [5.74, 6) is 1.94. The van der Waals surface area contributed by atoms with Gasteiger partial charge in [0.1, 0.15) is 11.6 Å². The first kappa shape index (κ1) is 17.2. The summed E-state index contributed by atoms with van der Waals surface area (Å²) in [4.78, 5) is 8.92. The maximum Gasteiger partial charge on any atom is 0.212 e. The number of methoxy groups -OCH3 is 1. The molecule has 144 valence electrons. The molecule has 1 aromatic carbocycles. The number of ether oxygens (including phenoxy) is 1. The van der Waals surface area contributed by atoms with Gasteiger partial charge in [-0.1, -0.05) is 18.2 Å². The molecule has 0 saturated carbocycles. The number of aromatic nitrogens is 4. The largest absolute Gasteiger partial charge is 0.481 e. The predicted octanol–water partition coefficient (Wildman–Crippen LogP) is 3.60. The monoisotopic (exact) mass is 384 g/mol. The first-order chi connectivity index (χ1) is 14.1. The van der Waals surface area contributed by atoms with Gasteiger partial charge in [0.2, 0.25) is 5.88 Å². The van der Waals surface area contributed by atoms with E-state index in [1.54, 1.807) is 18.0 Å². The van der Waals surface area contributed by atoms with Crippen LogP contribution >= 0.6 is 0 Å². The number of benzene rings is 1. The highest BCUT2D eigenvalue weighted by Gasteiger charge is 2.32. The van der Waals surface area contributed by atoms with E-state index in [0.717, 1.165) is 33.4 Å². The summed E-state index contributed by atoms with van der Waals surface area (Å²) in [6, 6.07) is 14.0. The van der Waals surface area contributed by atoms with Gasteiger partial charge in [0.05, 0.1) is 24.4 Å². The van der Waals surface area contributed by atoms with Crippen LogP contribution in [-0.2, 0) is 5.54 Å². The molecule has 0 aliphatic carbocycles. The van der Waals surface area contributed by atoms with Gasteiger partial charge in [0.25, 0.3) is 0 Å². The molecule has 3 aromatic heterocycles. The summed E-state index contributed by atoms with van der Waals surface area (Å²) in [7, 11) is 1.60. The van der Waals surface area contributed by atoms with Crippen LogP contribution in [-0.4, -0.2) is 26.9 Å². The Bertz CT molecular complexity index is 1240. The normalized spacial score (nSPS) is 18.1. The number of rotatable bonds is 3. The van der Waals surface area contributed by atoms with Gasteiger partial charge in [-0.05, 0) is 36.8 Å². The minimum atomic E-state index is -0.543. The van der Waals surface area contributed by atoms with E-state index >= 15 is 0 Å². The van der Waals surface area contributed by atoms with Gasteiger partial charge in [0.15, 0.2) is 0 Å². The van der Waals surface area contributed by atoms with E-state index in [0.29, 0.717) is 11.7 Å². The lowest BCUT2D eigenvalue weighted by atomic mass is 9.91. The zero-order valence-corrected chi connectivity index (χ0v) is 16.1. The van der Waals surface area contributed by atoms with Gasteiger partial charge >= 0.3 is 0 Å². The van der Waals surface area contributed by atoms with Gasteiger partial charge in [-0.3, -0.25) is 4.98 Å². The van der Waals surface area contributed by atoms with Crippen LogP contribution < -0.4 is 15.8 Å². The molecule has 29 heavy (non-hydrogen) atoms. The molecule has 0 saturated heterocycles. The Hall–Kier alpha value is -3.87. The average Bonchev–Trinajstić information content (AvgIpc) is 3.17. The average molecular weight is 384 g/mol. The van der Waals surface area contributed by atoms with Crippen LogP contribution in [0.2, 0.25) is 0 Å². The Balaban J connectivity index is 1.59. The molecule has 7 heteroatoms. The molecule has 0 amide bonds. The highest BCUT2D eigenvalue weighted by Crippen LogP contribution is 2.39. The van der Waals surface area contributed by atoms with E-state index in [4.69, 9.17) is 10.5 Å². The Kier molecular flexibility index (Phi) is 3.77. The fraction of sp³-hybridized carbons (Fsp3) is 0.136. The maximum atomic E-state index is 6.36. The number of fused-ring (bicyclic) bond motifs is 2. The second kappa shape index (κ2) is 6.34. The van der Waals surface area contributed by atoms with Gasteiger partial charge < -0.3 is 15.8 Å². The van der Waals surface area contributed by atoms with E-state index in [2.05, 4.69) is 39.4 Å². The molecule has 0 radical (unpaired) electrons. The second-order valence-electron chi connectivity index (χ2n) is 7.22. The van der Waals surface area contributed by atoms with Crippen molar-refractivity contribution in [3.05, 3.63) is 72.7 Å². The highest BCUT2D eigenvalue weighted by molar-refractivity contribution is 5.87. The van der Waals surface area contributed by atoms with Crippen molar-refractivity contribution in [2.45, 2.75) is 12.5 Å². The van der Waals surface area contributed by atoms with Gasteiger partial charge in [0, 0.05) is 35.0 Å². The van der Waals surface area contributed by atoms with E-state index in [-0.39, 0.29) is 0 Å². The quantitative estimate of drug-likeness (QED) is 0.561. The van der Waals surface area contributed by atoms with Gasteiger partial charge in [-0.15, -0.1) is 0 Å². The van der Waals surface area contributed by atoms with Crippen LogP contribution in [0.15, 0.2) is 67.1 Å². The Labute approximate surface area is 167 Å². The van der Waals surface area contributed by atoms with Crippen LogP contribution in [0.1, 0.15) is 12.5 Å². The Morgan fingerprint density at radius 2 is 1.93 bits per heavy atom. The fourth-order valence-electron chi connectivity index (χ4n) is 3.70. The minimum absolute atomic E-state index is 0.543. The van der Waals surface area contributed by atoms with Crippen LogP contribution in [0.25, 0.3) is 27.9 Å². The number of anilines is 1. The first-order valence-corrected chi connectivity index (χ1v) is 9.28. The van der Waals surface area contributed by atoms with Crippen LogP contribution in [0, 0.1) is 0 Å². The molecule has 3 N–H and O–H groups in total. The Morgan fingerprint density at radius 3 is 2.72 bits per heavy atom. The van der Waals surface area contributed by atoms with Gasteiger partial charge in [-0.25, -0.2) is 9.67 Å². The van der Waals surface area contributed by atoms with Crippen molar-refractivity contribution in [1.29, 1.82) is 0 Å². The summed E-state index contributed by atoms with van der Waals surface area (Å²) >= 11 is 0. The number of pyridine rings is 2. The van der Waals surface area contributed by atoms with Crippen LogP contribution in [0.5, 0.6) is 5.88 Å². The minimum Gasteiger partial charge on any atom is -0.481 e. The van der Waals surface area contributed by atoms with Crippen molar-refractivity contribution in [1.82, 2.24) is 19.7 Å². The van der Waals surface area contributed by atoms with Crippen molar-refractivity contribution in [2.75, 3.05) is 12.4 Å². The van der Waals surface area contributed by atoms with E-state index < -0.39 is 5.54 Å². The van der Waals surface area contributed by atoms with Crippen molar-refractivity contribution in [3.8, 4) is 17.0 Å². The summed E-state index contributed by atoms with van der Waals surface area (Å²) < 4.78 is 6.89. The molecule has 1 aliphatic heterocycles. The lowest BCUT2D eigenvalue weighted by Gasteiger charge is -2.34. The number of hydrogen-bond donors (Lipinski definition) is 2. The zero-order valence-electron chi connectivity index (χ0n) is 16.1. The summed E-state index contributed by atoms with van der Waals surface area (Å²) in [6.07, 6.45) is 7.41. The van der Waals surface area contributed by atoms with E-state index in [9.17, 15) is 0 Å². The first-order valence-electron chi connectivity index (χ1n) is 9.28. The van der Waals surface area contributed by atoms with Gasteiger partial charge in [-0.2, -0.15) is 5.10 Å². The van der Waals surface area contributed by atoms with Crippen molar-refractivity contribution in [2.24, 2.45) is 5.73 Å². The number of nitrogens with zero attached hydrogens (tertiary/aromatic N) is 4. The molecule has 4 aromatic rings. The van der Waals surface area contributed by atoms with Crippen molar-refractivity contribution < 1.29 is 4.74 Å². The highest BCUT2D eigenvalue weighted by atomic mass is 16.5. The molecule has 7 nitrogen and oxygen atoms in total. The van der Waals surface area contributed by atoms with Crippen molar-refractivity contribution >= 4 is 22.5 Å². The third-order valence-electron chi connectivity index (χ3n) is 5.28. The number of nitrogens with two attached hydrogens (primary N) is 1. The molecule has 0 spiro atoms. The second-order valence-corrected chi connectivity index (χ2v) is 7.22. The lowest BCUT2D eigenvalue weighted by Crippen LogP contribution is -2.36. The van der Waals surface area contributed by atoms with Crippen LogP contribution in [0.4, 0.5) is 5.82 Å². The Morgan fingerprint density at radius 1 is 1.07 bits per heavy atom. The summed E-state index contributed by atoms with van der Waals surface area (Å²) in [6.45, 7) is 2.06. The third-order valence-corrected chi connectivity index (χ3v) is 5.28. The third kappa shape index (κ3) is 2.79. The summed E-state index contributed by atoms with van der Waals surface area (Å²) in [5.41, 5.74) is 9.65. The van der Waals surface area contributed by atoms with Crippen LogP contribution in [0.3, 0.4) is 0 Å². The maximum absolute atomic E-state index is 6.36. The molecule has 0 bridgehead atoms. The predicted molar refractivity (Wildman–Crippen MR) is 113 cm³/mol. The molecule has 1 aliphatic rings. The molecule has 0 fully saturated rings. The smallest absolute Gasteiger partial charge is 0.212 e. The lowest BCUT2D eigenvalue weighted by molar-refractivity contribution is 0.397. The van der Waals surface area contributed by atoms with E-state index in [1.807, 2.05) is 48.8 Å². The standard InChI is InChI=1S/C22H20N6O/c1-22(16-7-8-20(29-2)25-12-16)10-19(23)28-21(27-22)17(13-26-28)15-9-14-5-3-4-6-18(14)24-11-15/h3-13,27H,23H2,1-2H3.